The maximum atomic E-state index is 12.2. The molecule has 2 amide bonds. The Morgan fingerprint density at radius 1 is 1.25 bits per heavy atom. The zero-order chi connectivity index (χ0) is 15.1. The summed E-state index contributed by atoms with van der Waals surface area (Å²) in [5.41, 5.74) is -0.666. The number of rotatable bonds is 3. The molecule has 1 unspecified atom stereocenters. The lowest BCUT2D eigenvalue weighted by molar-refractivity contribution is -0.135. The number of nitrogens with zero attached hydrogens (tertiary/aromatic N) is 1. The molecule has 4 nitrogen and oxygen atoms in total. The molecular weight excluding hydrogens is 299 g/mol. The van der Waals surface area contributed by atoms with Gasteiger partial charge in [0.2, 0.25) is 11.8 Å². The van der Waals surface area contributed by atoms with Crippen molar-refractivity contribution in [2.45, 2.75) is 50.4 Å². The minimum atomic E-state index is -0.925. The molecule has 114 valence electrons. The number of hydrogen-bond acceptors (Lipinski definition) is 2. The normalized spacial score (nSPS) is 29.4. The second kappa shape index (κ2) is 5.38. The van der Waals surface area contributed by atoms with Gasteiger partial charge in [-0.25, -0.2) is 0 Å². The number of halogens is 2. The van der Waals surface area contributed by atoms with Crippen molar-refractivity contribution >= 4 is 35.0 Å². The molecule has 1 saturated carbocycles. The van der Waals surface area contributed by atoms with Crippen LogP contribution < -0.4 is 5.32 Å². The number of piperidine rings is 1. The van der Waals surface area contributed by atoms with Crippen molar-refractivity contribution in [2.24, 2.45) is 11.3 Å². The van der Waals surface area contributed by atoms with Crippen LogP contribution in [0.25, 0.3) is 0 Å². The Morgan fingerprint density at radius 3 is 2.15 bits per heavy atom. The lowest BCUT2D eigenvalue weighted by atomic mass is 10.0. The van der Waals surface area contributed by atoms with Crippen LogP contribution in [-0.2, 0) is 9.59 Å². The van der Waals surface area contributed by atoms with Gasteiger partial charge in [0.05, 0.1) is 5.41 Å². The summed E-state index contributed by atoms with van der Waals surface area (Å²) in [6, 6.07) is 0.111. The average molecular weight is 321 g/mol. The molecule has 1 aliphatic heterocycles. The average Bonchev–Trinajstić information content (AvgIpc) is 2.90. The van der Waals surface area contributed by atoms with E-state index in [9.17, 15) is 9.59 Å². The first-order chi connectivity index (χ1) is 9.17. The Kier molecular flexibility index (Phi) is 4.27. The molecule has 1 saturated heterocycles. The second-order valence-corrected chi connectivity index (χ2v) is 7.92. The van der Waals surface area contributed by atoms with Crippen molar-refractivity contribution in [3.63, 3.8) is 0 Å². The van der Waals surface area contributed by atoms with Gasteiger partial charge < -0.3 is 10.2 Å². The van der Waals surface area contributed by atoms with E-state index in [1.807, 2.05) is 18.7 Å². The van der Waals surface area contributed by atoms with Crippen LogP contribution in [0.4, 0.5) is 0 Å². The van der Waals surface area contributed by atoms with Crippen molar-refractivity contribution in [1.82, 2.24) is 10.2 Å². The van der Waals surface area contributed by atoms with Gasteiger partial charge in [-0.2, -0.15) is 0 Å². The smallest absolute Gasteiger partial charge is 0.229 e. The highest BCUT2D eigenvalue weighted by Crippen LogP contribution is 2.63. The summed E-state index contributed by atoms with van der Waals surface area (Å²) in [6.07, 6.45) is 2.08. The summed E-state index contributed by atoms with van der Waals surface area (Å²) in [5, 5.41) is 3.02. The van der Waals surface area contributed by atoms with Crippen LogP contribution in [0.1, 0.15) is 40.0 Å². The Hall–Kier alpha value is -0.480. The van der Waals surface area contributed by atoms with Gasteiger partial charge in [0, 0.05) is 25.0 Å². The monoisotopic (exact) mass is 320 g/mol. The maximum absolute atomic E-state index is 12.2. The van der Waals surface area contributed by atoms with E-state index in [0.29, 0.717) is 19.5 Å². The number of nitrogens with one attached hydrogen (secondary N) is 1. The van der Waals surface area contributed by atoms with E-state index in [-0.39, 0.29) is 23.8 Å². The molecule has 1 heterocycles. The third-order valence-corrected chi connectivity index (χ3v) is 5.50. The van der Waals surface area contributed by atoms with E-state index in [1.54, 1.807) is 6.92 Å². The van der Waals surface area contributed by atoms with Crippen molar-refractivity contribution < 1.29 is 9.59 Å². The molecule has 0 spiro atoms. The van der Waals surface area contributed by atoms with Crippen LogP contribution >= 0.6 is 23.2 Å². The fourth-order valence-electron chi connectivity index (χ4n) is 2.60. The molecule has 1 atom stereocenters. The standard InChI is InChI=1S/C14H22Cl2N2O2/c1-9(2)11(19)18-6-4-10(5-7-18)17-12(20)13(3)8-14(13,15)16/h9-10H,4-8H2,1-3H3,(H,17,20). The molecule has 0 aromatic heterocycles. The van der Waals surface area contributed by atoms with E-state index in [4.69, 9.17) is 23.2 Å². The first kappa shape index (κ1) is 15.9. The first-order valence-electron chi connectivity index (χ1n) is 7.15. The molecular formula is C14H22Cl2N2O2. The van der Waals surface area contributed by atoms with Gasteiger partial charge in [0.1, 0.15) is 4.33 Å². The van der Waals surface area contributed by atoms with E-state index in [1.165, 1.54) is 0 Å². The number of alkyl halides is 2. The molecule has 0 radical (unpaired) electrons. The predicted octanol–water partition coefficient (Wildman–Crippen LogP) is 2.33. The highest BCUT2D eigenvalue weighted by molar-refractivity contribution is 6.53. The van der Waals surface area contributed by atoms with Gasteiger partial charge in [-0.05, 0) is 26.2 Å². The number of amides is 2. The SMILES string of the molecule is CC(C)C(=O)N1CCC(NC(=O)C2(C)CC2(Cl)Cl)CC1. The van der Waals surface area contributed by atoms with Gasteiger partial charge in [-0.3, -0.25) is 9.59 Å². The predicted molar refractivity (Wildman–Crippen MR) is 79.7 cm³/mol. The Morgan fingerprint density at radius 2 is 1.75 bits per heavy atom. The van der Waals surface area contributed by atoms with Crippen molar-refractivity contribution in [3.8, 4) is 0 Å². The number of carbonyl (C=O) groups excluding carboxylic acids is 2. The van der Waals surface area contributed by atoms with Gasteiger partial charge in [0.15, 0.2) is 0 Å². The molecule has 1 N–H and O–H groups in total. The highest BCUT2D eigenvalue weighted by atomic mass is 35.5. The summed E-state index contributed by atoms with van der Waals surface area (Å²) in [4.78, 5) is 25.9. The Balaban J connectivity index is 1.81. The third-order valence-electron chi connectivity index (χ3n) is 4.39. The molecule has 2 fully saturated rings. The zero-order valence-electron chi connectivity index (χ0n) is 12.2. The highest BCUT2D eigenvalue weighted by Gasteiger charge is 2.68. The summed E-state index contributed by atoms with van der Waals surface area (Å²) in [6.45, 7) is 7.01. The van der Waals surface area contributed by atoms with E-state index >= 15 is 0 Å². The van der Waals surface area contributed by atoms with Crippen molar-refractivity contribution in [1.29, 1.82) is 0 Å². The van der Waals surface area contributed by atoms with E-state index in [2.05, 4.69) is 5.32 Å². The third kappa shape index (κ3) is 2.91. The maximum Gasteiger partial charge on any atom is 0.229 e. The van der Waals surface area contributed by atoms with Gasteiger partial charge in [-0.15, -0.1) is 23.2 Å². The summed E-state index contributed by atoms with van der Waals surface area (Å²) in [5.74, 6) is 0.139. The quantitative estimate of drug-likeness (QED) is 0.811. The number of likely N-dealkylation sites (tertiary alicyclic amines) is 1. The van der Waals surface area contributed by atoms with E-state index in [0.717, 1.165) is 12.8 Å². The first-order valence-corrected chi connectivity index (χ1v) is 7.90. The van der Waals surface area contributed by atoms with Crippen LogP contribution in [0.5, 0.6) is 0 Å². The van der Waals surface area contributed by atoms with E-state index < -0.39 is 9.75 Å². The Labute approximate surface area is 130 Å². The molecule has 0 aromatic carbocycles. The minimum Gasteiger partial charge on any atom is -0.353 e. The summed E-state index contributed by atoms with van der Waals surface area (Å²) < 4.78 is -0.925. The Bertz CT molecular complexity index is 417. The van der Waals surface area contributed by atoms with Crippen LogP contribution in [0.3, 0.4) is 0 Å². The summed E-state index contributed by atoms with van der Waals surface area (Å²) in [7, 11) is 0. The van der Waals surface area contributed by atoms with Crippen LogP contribution in [0.2, 0.25) is 0 Å². The fourth-order valence-corrected chi connectivity index (χ4v) is 3.31. The zero-order valence-corrected chi connectivity index (χ0v) is 13.7. The molecule has 1 aliphatic carbocycles. The van der Waals surface area contributed by atoms with Crippen LogP contribution in [0.15, 0.2) is 0 Å². The molecule has 2 rings (SSSR count). The largest absolute Gasteiger partial charge is 0.353 e. The van der Waals surface area contributed by atoms with Gasteiger partial charge in [0.25, 0.3) is 0 Å². The van der Waals surface area contributed by atoms with Gasteiger partial charge in [-0.1, -0.05) is 13.8 Å². The van der Waals surface area contributed by atoms with Crippen molar-refractivity contribution in [3.05, 3.63) is 0 Å². The number of carbonyl (C=O) groups is 2. The fraction of sp³-hybridized carbons (Fsp3) is 0.857. The number of hydrogen-bond donors (Lipinski definition) is 1. The molecule has 2 aliphatic rings. The second-order valence-electron chi connectivity index (χ2n) is 6.44. The molecule has 0 bridgehead atoms. The van der Waals surface area contributed by atoms with Gasteiger partial charge >= 0.3 is 0 Å². The van der Waals surface area contributed by atoms with Crippen LogP contribution in [-0.4, -0.2) is 40.2 Å². The van der Waals surface area contributed by atoms with Crippen LogP contribution in [0, 0.1) is 11.3 Å². The minimum absolute atomic E-state index is 0.0274. The lowest BCUT2D eigenvalue weighted by Crippen LogP contribution is -2.49. The molecule has 6 heteroatoms. The van der Waals surface area contributed by atoms with Crippen molar-refractivity contribution in [2.75, 3.05) is 13.1 Å². The topological polar surface area (TPSA) is 49.4 Å². The molecule has 0 aromatic rings. The molecule has 20 heavy (non-hydrogen) atoms. The summed E-state index contributed by atoms with van der Waals surface area (Å²) >= 11 is 12.0. The lowest BCUT2D eigenvalue weighted by Gasteiger charge is -2.34.